The van der Waals surface area contributed by atoms with Gasteiger partial charge in [0.2, 0.25) is 0 Å². The molecule has 3 heterocycles. The van der Waals surface area contributed by atoms with Crippen molar-refractivity contribution in [1.29, 1.82) is 0 Å². The highest BCUT2D eigenvalue weighted by Crippen LogP contribution is 2.28. The number of primary amides is 1. The number of nitrogens with one attached hydrogen (secondary N) is 2. The number of amides is 1. The fourth-order valence-corrected chi connectivity index (χ4v) is 6.00. The van der Waals surface area contributed by atoms with Crippen LogP contribution in [0, 0.1) is 0 Å². The van der Waals surface area contributed by atoms with Crippen molar-refractivity contribution in [3.8, 4) is 0 Å². The number of aromatic nitrogens is 2. The van der Waals surface area contributed by atoms with E-state index in [1.807, 2.05) is 19.1 Å². The average molecular weight is 522 g/mol. The molecule has 1 aromatic carbocycles. The lowest BCUT2D eigenvalue weighted by molar-refractivity contribution is 0.0982. The van der Waals surface area contributed by atoms with E-state index < -0.39 is 5.91 Å². The minimum atomic E-state index is -0.598. The van der Waals surface area contributed by atoms with Gasteiger partial charge in [-0.1, -0.05) is 6.92 Å². The summed E-state index contributed by atoms with van der Waals surface area (Å²) in [6.07, 6.45) is 6.13. The molecule has 1 aliphatic carbocycles. The molecule has 2 atom stereocenters. The van der Waals surface area contributed by atoms with E-state index in [0.29, 0.717) is 24.1 Å². The molecule has 0 radical (unpaired) electrons. The van der Waals surface area contributed by atoms with Crippen LogP contribution in [0.2, 0.25) is 0 Å². The molecule has 0 spiro atoms. The van der Waals surface area contributed by atoms with Crippen LogP contribution in [-0.2, 0) is 6.42 Å². The van der Waals surface area contributed by atoms with Crippen LogP contribution in [0.15, 0.2) is 24.3 Å². The van der Waals surface area contributed by atoms with Gasteiger partial charge in [0, 0.05) is 68.8 Å². The van der Waals surface area contributed by atoms with Crippen molar-refractivity contribution in [2.75, 3.05) is 61.8 Å². The fourth-order valence-electron chi connectivity index (χ4n) is 6.00. The molecule has 10 heteroatoms. The van der Waals surface area contributed by atoms with Gasteiger partial charge in [0.25, 0.3) is 5.91 Å². The summed E-state index contributed by atoms with van der Waals surface area (Å²) < 4.78 is 0. The Morgan fingerprint density at radius 2 is 1.68 bits per heavy atom. The number of rotatable bonds is 8. The highest BCUT2D eigenvalue weighted by molar-refractivity contribution is 5.96. The van der Waals surface area contributed by atoms with Crippen LogP contribution in [-0.4, -0.2) is 90.1 Å². The number of nitrogens with zero attached hydrogens (tertiary/aromatic N) is 5. The summed E-state index contributed by atoms with van der Waals surface area (Å²) in [6.45, 7) is 8.83. The standard InChI is InChI=1S/C28H43N9O/c1-3-23-27(33-24-6-4-5-22(24)29)34-28(25(32-23)26(30)38)31-19-7-9-20(10-8-19)36-13-11-21(12-14-36)37-17-15-35(2)16-18-37/h7-10,21-22,24H,3-6,11-18,29H2,1-2H3,(H2,30,38)(H2,31,33,34)/t22-,24+/m1/s1. The maximum atomic E-state index is 12.2. The first-order valence-corrected chi connectivity index (χ1v) is 14.2. The Balaban J connectivity index is 1.25. The predicted molar refractivity (Wildman–Crippen MR) is 153 cm³/mol. The van der Waals surface area contributed by atoms with Gasteiger partial charge in [-0.15, -0.1) is 0 Å². The van der Waals surface area contributed by atoms with E-state index in [9.17, 15) is 4.79 Å². The average Bonchev–Trinajstić information content (AvgIpc) is 3.33. The second-order valence-corrected chi connectivity index (χ2v) is 11.0. The van der Waals surface area contributed by atoms with Crippen molar-refractivity contribution < 1.29 is 4.79 Å². The van der Waals surface area contributed by atoms with Crippen molar-refractivity contribution in [2.45, 2.75) is 63.6 Å². The molecule has 1 aromatic heterocycles. The predicted octanol–water partition coefficient (Wildman–Crippen LogP) is 2.39. The van der Waals surface area contributed by atoms with E-state index in [1.54, 1.807) is 0 Å². The van der Waals surface area contributed by atoms with E-state index in [1.165, 1.54) is 44.7 Å². The highest BCUT2D eigenvalue weighted by atomic mass is 16.1. The van der Waals surface area contributed by atoms with Crippen LogP contribution in [0.4, 0.5) is 23.0 Å². The van der Waals surface area contributed by atoms with Crippen LogP contribution >= 0.6 is 0 Å². The van der Waals surface area contributed by atoms with Crippen molar-refractivity contribution in [2.24, 2.45) is 11.5 Å². The zero-order valence-electron chi connectivity index (χ0n) is 22.8. The van der Waals surface area contributed by atoms with E-state index in [4.69, 9.17) is 16.5 Å². The third-order valence-electron chi connectivity index (χ3n) is 8.44. The number of hydrogen-bond donors (Lipinski definition) is 4. The molecule has 206 valence electrons. The quantitative estimate of drug-likeness (QED) is 0.414. The van der Waals surface area contributed by atoms with Gasteiger partial charge in [0.1, 0.15) is 0 Å². The van der Waals surface area contributed by atoms with Gasteiger partial charge in [0.05, 0.1) is 5.69 Å². The van der Waals surface area contributed by atoms with Gasteiger partial charge in [-0.25, -0.2) is 9.97 Å². The Morgan fingerprint density at radius 1 is 0.974 bits per heavy atom. The Bertz CT molecular complexity index is 1090. The molecule has 2 saturated heterocycles. The molecule has 0 bridgehead atoms. The molecule has 2 aliphatic heterocycles. The molecule has 0 unspecified atom stereocenters. The number of hydrogen-bond acceptors (Lipinski definition) is 9. The summed E-state index contributed by atoms with van der Waals surface area (Å²) in [7, 11) is 2.21. The number of piperazine rings is 1. The second-order valence-electron chi connectivity index (χ2n) is 11.0. The Morgan fingerprint density at radius 3 is 2.29 bits per heavy atom. The van der Waals surface area contributed by atoms with E-state index in [2.05, 4.69) is 49.5 Å². The second kappa shape index (κ2) is 11.8. The monoisotopic (exact) mass is 521 g/mol. The Hall–Kier alpha value is -2.95. The number of carbonyl (C=O) groups excluding carboxylic acids is 1. The van der Waals surface area contributed by atoms with Gasteiger partial charge in [-0.2, -0.15) is 0 Å². The largest absolute Gasteiger partial charge is 0.371 e. The maximum Gasteiger partial charge on any atom is 0.271 e. The van der Waals surface area contributed by atoms with Crippen molar-refractivity contribution in [3.63, 3.8) is 0 Å². The summed E-state index contributed by atoms with van der Waals surface area (Å²) >= 11 is 0. The summed E-state index contributed by atoms with van der Waals surface area (Å²) in [5.74, 6) is 0.436. The molecule has 2 aromatic rings. The van der Waals surface area contributed by atoms with Gasteiger partial charge >= 0.3 is 0 Å². The molecular weight excluding hydrogens is 478 g/mol. The first-order chi connectivity index (χ1) is 18.4. The van der Waals surface area contributed by atoms with Crippen LogP contribution in [0.5, 0.6) is 0 Å². The molecule has 38 heavy (non-hydrogen) atoms. The minimum absolute atomic E-state index is 0.0906. The van der Waals surface area contributed by atoms with Gasteiger partial charge in [-0.3, -0.25) is 9.69 Å². The number of likely N-dealkylation sites (N-methyl/N-ethyl adjacent to an activating group) is 1. The van der Waals surface area contributed by atoms with E-state index >= 15 is 0 Å². The normalized spacial score (nSPS) is 23.5. The fraction of sp³-hybridized carbons (Fsp3) is 0.607. The van der Waals surface area contributed by atoms with Crippen LogP contribution < -0.4 is 27.0 Å². The third kappa shape index (κ3) is 6.03. The molecule has 3 aliphatic rings. The molecule has 10 nitrogen and oxygen atoms in total. The molecule has 1 amide bonds. The van der Waals surface area contributed by atoms with E-state index in [0.717, 1.165) is 43.7 Å². The first-order valence-electron chi connectivity index (χ1n) is 14.2. The zero-order valence-corrected chi connectivity index (χ0v) is 22.8. The zero-order chi connectivity index (χ0) is 26.6. The van der Waals surface area contributed by atoms with Crippen molar-refractivity contribution >= 4 is 28.9 Å². The molecule has 6 N–H and O–H groups in total. The number of carbonyl (C=O) groups is 1. The maximum absolute atomic E-state index is 12.2. The summed E-state index contributed by atoms with van der Waals surface area (Å²) in [4.78, 5) is 29.1. The van der Waals surface area contributed by atoms with Gasteiger partial charge in [0.15, 0.2) is 17.3 Å². The SMILES string of the molecule is CCc1nc(C(N)=O)c(Nc2ccc(N3CCC(N4CCN(C)CC4)CC3)cc2)nc1N[C@H]1CCC[C@H]1N. The van der Waals surface area contributed by atoms with Gasteiger partial charge in [-0.05, 0) is 69.8 Å². The van der Waals surface area contributed by atoms with E-state index in [-0.39, 0.29) is 17.8 Å². The lowest BCUT2D eigenvalue weighted by Crippen LogP contribution is -2.52. The lowest BCUT2D eigenvalue weighted by Gasteiger charge is -2.42. The minimum Gasteiger partial charge on any atom is -0.371 e. The van der Waals surface area contributed by atoms with Crippen LogP contribution in [0.25, 0.3) is 0 Å². The number of nitrogens with two attached hydrogens (primary N) is 2. The number of anilines is 4. The summed E-state index contributed by atoms with van der Waals surface area (Å²) in [6, 6.07) is 9.26. The van der Waals surface area contributed by atoms with Crippen molar-refractivity contribution in [1.82, 2.24) is 19.8 Å². The number of benzene rings is 1. The lowest BCUT2D eigenvalue weighted by atomic mass is 10.0. The Labute approximate surface area is 226 Å². The molecule has 1 saturated carbocycles. The number of aryl methyl sites for hydroxylation is 1. The first kappa shape index (κ1) is 26.6. The summed E-state index contributed by atoms with van der Waals surface area (Å²) in [5, 5.41) is 6.77. The van der Waals surface area contributed by atoms with Gasteiger partial charge < -0.3 is 31.9 Å². The third-order valence-corrected chi connectivity index (χ3v) is 8.44. The number of piperidine rings is 1. The highest BCUT2D eigenvalue weighted by Gasteiger charge is 2.28. The molecule has 3 fully saturated rings. The molecular formula is C28H43N9O. The summed E-state index contributed by atoms with van der Waals surface area (Å²) in [5.41, 5.74) is 14.9. The van der Waals surface area contributed by atoms with Crippen molar-refractivity contribution in [3.05, 3.63) is 35.7 Å². The smallest absolute Gasteiger partial charge is 0.271 e. The topological polar surface area (TPSA) is 129 Å². The molecule has 5 rings (SSSR count). The Kier molecular flexibility index (Phi) is 8.30. The van der Waals surface area contributed by atoms with Crippen LogP contribution in [0.1, 0.15) is 55.2 Å². The van der Waals surface area contributed by atoms with Crippen LogP contribution in [0.3, 0.4) is 0 Å².